The van der Waals surface area contributed by atoms with Gasteiger partial charge in [0.1, 0.15) is 0 Å². The predicted molar refractivity (Wildman–Crippen MR) is 93.5 cm³/mol. The van der Waals surface area contributed by atoms with Crippen LogP contribution < -0.4 is 14.9 Å². The fourth-order valence-electron chi connectivity index (χ4n) is 1.90. The molecule has 0 bridgehead atoms. The molecule has 2 rings (SSSR count). The van der Waals surface area contributed by atoms with E-state index in [1.807, 2.05) is 19.1 Å². The Balaban J connectivity index is 2.06. The standard InChI is InChI=1S/C17H17BrN2O3/c1-11-4-6-13(9-14(11)18)17(21)20-19-10-12-5-7-15(22-2)16(8-12)23-3/h4-10H,1-3H3,(H,20,21). The van der Waals surface area contributed by atoms with Gasteiger partial charge >= 0.3 is 0 Å². The lowest BCUT2D eigenvalue weighted by atomic mass is 10.1. The van der Waals surface area contributed by atoms with Crippen molar-refractivity contribution >= 4 is 28.1 Å². The van der Waals surface area contributed by atoms with Gasteiger partial charge in [0.25, 0.3) is 5.91 Å². The lowest BCUT2D eigenvalue weighted by Gasteiger charge is -2.07. The van der Waals surface area contributed by atoms with Gasteiger partial charge in [0, 0.05) is 10.0 Å². The Hall–Kier alpha value is -2.34. The number of hydrazone groups is 1. The van der Waals surface area contributed by atoms with Crippen LogP contribution in [-0.4, -0.2) is 26.3 Å². The van der Waals surface area contributed by atoms with Crippen molar-refractivity contribution in [3.05, 3.63) is 57.6 Å². The Morgan fingerprint density at radius 2 is 1.87 bits per heavy atom. The summed E-state index contributed by atoms with van der Waals surface area (Å²) < 4.78 is 11.3. The molecule has 0 spiro atoms. The zero-order valence-corrected chi connectivity index (χ0v) is 14.7. The normalized spacial score (nSPS) is 10.6. The molecule has 0 heterocycles. The van der Waals surface area contributed by atoms with Gasteiger partial charge in [-0.1, -0.05) is 22.0 Å². The third-order valence-corrected chi connectivity index (χ3v) is 4.08. The number of ether oxygens (including phenoxy) is 2. The maximum absolute atomic E-state index is 12.0. The van der Waals surface area contributed by atoms with Crippen LogP contribution in [0.15, 0.2) is 46.0 Å². The van der Waals surface area contributed by atoms with Crippen molar-refractivity contribution in [2.75, 3.05) is 14.2 Å². The van der Waals surface area contributed by atoms with E-state index in [1.165, 1.54) is 0 Å². The van der Waals surface area contributed by atoms with Crippen molar-refractivity contribution in [1.29, 1.82) is 0 Å². The summed E-state index contributed by atoms with van der Waals surface area (Å²) >= 11 is 3.40. The summed E-state index contributed by atoms with van der Waals surface area (Å²) in [5.74, 6) is 0.964. The number of halogens is 1. The molecule has 0 unspecified atom stereocenters. The number of amides is 1. The molecule has 0 aliphatic rings. The van der Waals surface area contributed by atoms with Gasteiger partial charge in [-0.15, -0.1) is 0 Å². The number of hydrogen-bond donors (Lipinski definition) is 1. The zero-order valence-electron chi connectivity index (χ0n) is 13.1. The number of rotatable bonds is 5. The number of methoxy groups -OCH3 is 2. The minimum atomic E-state index is -0.276. The van der Waals surface area contributed by atoms with Crippen LogP contribution in [0.4, 0.5) is 0 Å². The van der Waals surface area contributed by atoms with E-state index in [2.05, 4.69) is 26.5 Å². The van der Waals surface area contributed by atoms with E-state index < -0.39 is 0 Å². The molecule has 6 heteroatoms. The number of carbonyl (C=O) groups is 1. The number of hydrogen-bond acceptors (Lipinski definition) is 4. The molecular formula is C17H17BrN2O3. The highest BCUT2D eigenvalue weighted by atomic mass is 79.9. The molecule has 120 valence electrons. The number of carbonyl (C=O) groups excluding carboxylic acids is 1. The first-order valence-corrected chi connectivity index (χ1v) is 7.66. The van der Waals surface area contributed by atoms with E-state index in [1.54, 1.807) is 44.7 Å². The van der Waals surface area contributed by atoms with Gasteiger partial charge in [-0.25, -0.2) is 5.43 Å². The molecule has 0 atom stereocenters. The molecule has 5 nitrogen and oxygen atoms in total. The predicted octanol–water partition coefficient (Wildman–Crippen LogP) is 3.54. The van der Waals surface area contributed by atoms with Crippen LogP contribution in [0.2, 0.25) is 0 Å². The molecule has 2 aromatic rings. The molecule has 1 amide bonds. The molecule has 0 aliphatic heterocycles. The van der Waals surface area contributed by atoms with Crippen LogP contribution in [0.25, 0.3) is 0 Å². The molecule has 2 aromatic carbocycles. The quantitative estimate of drug-likeness (QED) is 0.641. The Morgan fingerprint density at radius 1 is 1.13 bits per heavy atom. The second kappa shape index (κ2) is 7.78. The van der Waals surface area contributed by atoms with Crippen LogP contribution >= 0.6 is 15.9 Å². The molecule has 0 saturated heterocycles. The van der Waals surface area contributed by atoms with Crippen molar-refractivity contribution in [1.82, 2.24) is 5.43 Å². The molecule has 0 aromatic heterocycles. The number of aryl methyl sites for hydroxylation is 1. The zero-order chi connectivity index (χ0) is 16.8. The molecule has 0 radical (unpaired) electrons. The largest absolute Gasteiger partial charge is 0.493 e. The van der Waals surface area contributed by atoms with Gasteiger partial charge in [0.05, 0.1) is 20.4 Å². The molecule has 0 saturated carbocycles. The monoisotopic (exact) mass is 376 g/mol. The first-order chi connectivity index (χ1) is 11.0. The molecular weight excluding hydrogens is 360 g/mol. The fourth-order valence-corrected chi connectivity index (χ4v) is 2.28. The highest BCUT2D eigenvalue weighted by Gasteiger charge is 2.06. The van der Waals surface area contributed by atoms with Gasteiger partial charge in [-0.3, -0.25) is 4.79 Å². The summed E-state index contributed by atoms with van der Waals surface area (Å²) in [7, 11) is 3.14. The second-order valence-corrected chi connectivity index (χ2v) is 5.63. The third kappa shape index (κ3) is 4.32. The average Bonchev–Trinajstić information content (AvgIpc) is 2.57. The summed E-state index contributed by atoms with van der Waals surface area (Å²) in [5, 5.41) is 3.96. The summed E-state index contributed by atoms with van der Waals surface area (Å²) in [6.45, 7) is 1.96. The van der Waals surface area contributed by atoms with Crippen LogP contribution in [0.3, 0.4) is 0 Å². The van der Waals surface area contributed by atoms with Crippen LogP contribution in [0.1, 0.15) is 21.5 Å². The molecule has 1 N–H and O–H groups in total. The Labute approximate surface area is 143 Å². The molecule has 0 aliphatic carbocycles. The van der Waals surface area contributed by atoms with Gasteiger partial charge in [0.2, 0.25) is 0 Å². The molecule has 23 heavy (non-hydrogen) atoms. The van der Waals surface area contributed by atoms with Crippen LogP contribution in [0, 0.1) is 6.92 Å². The highest BCUT2D eigenvalue weighted by molar-refractivity contribution is 9.10. The number of benzene rings is 2. The molecule has 0 fully saturated rings. The van der Waals surface area contributed by atoms with Crippen molar-refractivity contribution < 1.29 is 14.3 Å². The number of nitrogens with one attached hydrogen (secondary N) is 1. The van der Waals surface area contributed by atoms with E-state index in [0.717, 1.165) is 15.6 Å². The van der Waals surface area contributed by atoms with Gasteiger partial charge < -0.3 is 9.47 Å². The fraction of sp³-hybridized carbons (Fsp3) is 0.176. The van der Waals surface area contributed by atoms with Crippen molar-refractivity contribution in [2.45, 2.75) is 6.92 Å². The van der Waals surface area contributed by atoms with Crippen LogP contribution in [-0.2, 0) is 0 Å². The summed E-state index contributed by atoms with van der Waals surface area (Å²) in [6, 6.07) is 10.8. The van der Waals surface area contributed by atoms with Crippen molar-refractivity contribution in [3.63, 3.8) is 0 Å². The van der Waals surface area contributed by atoms with Crippen LogP contribution in [0.5, 0.6) is 11.5 Å². The topological polar surface area (TPSA) is 59.9 Å². The first-order valence-electron chi connectivity index (χ1n) is 6.86. The minimum Gasteiger partial charge on any atom is -0.493 e. The maximum Gasteiger partial charge on any atom is 0.271 e. The highest BCUT2D eigenvalue weighted by Crippen LogP contribution is 2.26. The van der Waals surface area contributed by atoms with Crippen molar-refractivity contribution in [2.24, 2.45) is 5.10 Å². The summed E-state index contributed by atoms with van der Waals surface area (Å²) in [5.41, 5.74) is 4.88. The first kappa shape index (κ1) is 17.0. The minimum absolute atomic E-state index is 0.276. The van der Waals surface area contributed by atoms with Gasteiger partial charge in [-0.2, -0.15) is 5.10 Å². The smallest absolute Gasteiger partial charge is 0.271 e. The Bertz CT molecular complexity index is 745. The second-order valence-electron chi connectivity index (χ2n) is 4.78. The van der Waals surface area contributed by atoms with E-state index in [9.17, 15) is 4.79 Å². The number of nitrogens with zero attached hydrogens (tertiary/aromatic N) is 1. The lowest BCUT2D eigenvalue weighted by molar-refractivity contribution is 0.0955. The van der Waals surface area contributed by atoms with E-state index in [-0.39, 0.29) is 5.91 Å². The van der Waals surface area contributed by atoms with E-state index in [4.69, 9.17) is 9.47 Å². The average molecular weight is 377 g/mol. The summed E-state index contributed by atoms with van der Waals surface area (Å²) in [6.07, 6.45) is 1.54. The Kier molecular flexibility index (Phi) is 5.76. The van der Waals surface area contributed by atoms with Gasteiger partial charge in [0.15, 0.2) is 11.5 Å². The van der Waals surface area contributed by atoms with E-state index >= 15 is 0 Å². The maximum atomic E-state index is 12.0. The SMILES string of the molecule is COc1ccc(C=NNC(=O)c2ccc(C)c(Br)c2)cc1OC. The Morgan fingerprint density at radius 3 is 2.52 bits per heavy atom. The third-order valence-electron chi connectivity index (χ3n) is 3.22. The van der Waals surface area contributed by atoms with Gasteiger partial charge in [-0.05, 0) is 48.4 Å². The van der Waals surface area contributed by atoms with Crippen molar-refractivity contribution in [3.8, 4) is 11.5 Å². The summed E-state index contributed by atoms with van der Waals surface area (Å²) in [4.78, 5) is 12.0. The lowest BCUT2D eigenvalue weighted by Crippen LogP contribution is -2.17. The van der Waals surface area contributed by atoms with E-state index in [0.29, 0.717) is 17.1 Å².